The Hall–Kier alpha value is -0.770. The van der Waals surface area contributed by atoms with Gasteiger partial charge in [-0.3, -0.25) is 0 Å². The first-order valence-corrected chi connectivity index (χ1v) is 4.18. The van der Waals surface area contributed by atoms with Crippen LogP contribution in [0.2, 0.25) is 0 Å². The number of hydrogen-bond acceptors (Lipinski definition) is 1. The van der Waals surface area contributed by atoms with Crippen molar-refractivity contribution in [3.05, 3.63) is 11.1 Å². The molecule has 0 aliphatic heterocycles. The molecule has 0 fully saturated rings. The van der Waals surface area contributed by atoms with Crippen molar-refractivity contribution in [3.8, 4) is 6.07 Å². The molecule has 11 heavy (non-hydrogen) atoms. The molecular formula is C10H15N. The lowest BCUT2D eigenvalue weighted by Crippen LogP contribution is -2.19. The van der Waals surface area contributed by atoms with Gasteiger partial charge in [0.1, 0.15) is 0 Å². The molecule has 0 amide bonds. The smallest absolute Gasteiger partial charge is 0.0952 e. The van der Waals surface area contributed by atoms with E-state index < -0.39 is 0 Å². The summed E-state index contributed by atoms with van der Waals surface area (Å²) in [6, 6.07) is 2.32. The minimum absolute atomic E-state index is 0.136. The van der Waals surface area contributed by atoms with Gasteiger partial charge in [0.05, 0.1) is 6.07 Å². The van der Waals surface area contributed by atoms with Crippen LogP contribution >= 0.6 is 0 Å². The SMILES string of the molecule is CC1=C(C#N)C(C)(C)CCC1. The molecule has 0 unspecified atom stereocenters. The van der Waals surface area contributed by atoms with Crippen LogP contribution in [0.1, 0.15) is 40.0 Å². The van der Waals surface area contributed by atoms with Crippen LogP contribution in [0.15, 0.2) is 11.1 Å². The molecule has 0 radical (unpaired) electrons. The molecule has 1 aliphatic rings. The molecule has 0 saturated heterocycles. The molecule has 60 valence electrons. The summed E-state index contributed by atoms with van der Waals surface area (Å²) in [4.78, 5) is 0. The van der Waals surface area contributed by atoms with Crippen LogP contribution in [-0.4, -0.2) is 0 Å². The molecule has 0 spiro atoms. The zero-order valence-corrected chi connectivity index (χ0v) is 7.57. The van der Waals surface area contributed by atoms with Gasteiger partial charge in [0.2, 0.25) is 0 Å². The predicted octanol–water partition coefficient (Wildman–Crippen LogP) is 3.04. The van der Waals surface area contributed by atoms with Gasteiger partial charge in [0.25, 0.3) is 0 Å². The van der Waals surface area contributed by atoms with Gasteiger partial charge in [0, 0.05) is 5.57 Å². The lowest BCUT2D eigenvalue weighted by molar-refractivity contribution is 0.379. The molecule has 0 saturated carbocycles. The van der Waals surface area contributed by atoms with E-state index in [1.54, 1.807) is 0 Å². The Bertz CT molecular complexity index is 228. The van der Waals surface area contributed by atoms with Gasteiger partial charge in [-0.1, -0.05) is 19.4 Å². The average Bonchev–Trinajstić information content (AvgIpc) is 1.86. The maximum absolute atomic E-state index is 8.89. The van der Waals surface area contributed by atoms with Crippen molar-refractivity contribution < 1.29 is 0 Å². The zero-order chi connectivity index (χ0) is 8.48. The van der Waals surface area contributed by atoms with E-state index in [0.29, 0.717) is 0 Å². The minimum atomic E-state index is 0.136. The summed E-state index contributed by atoms with van der Waals surface area (Å²) in [7, 11) is 0. The van der Waals surface area contributed by atoms with Crippen molar-refractivity contribution in [1.82, 2.24) is 0 Å². The molecule has 0 bridgehead atoms. The van der Waals surface area contributed by atoms with Gasteiger partial charge < -0.3 is 0 Å². The molecule has 0 aromatic rings. The van der Waals surface area contributed by atoms with E-state index in [9.17, 15) is 0 Å². The quantitative estimate of drug-likeness (QED) is 0.519. The number of rotatable bonds is 0. The summed E-state index contributed by atoms with van der Waals surface area (Å²) >= 11 is 0. The van der Waals surface area contributed by atoms with E-state index in [2.05, 4.69) is 26.8 Å². The fraction of sp³-hybridized carbons (Fsp3) is 0.700. The third-order valence-corrected chi connectivity index (χ3v) is 2.57. The first kappa shape index (κ1) is 8.33. The van der Waals surface area contributed by atoms with Crippen molar-refractivity contribution in [3.63, 3.8) is 0 Å². The molecule has 0 aromatic carbocycles. The normalized spacial score (nSPS) is 23.1. The van der Waals surface area contributed by atoms with Crippen molar-refractivity contribution in [2.45, 2.75) is 40.0 Å². The topological polar surface area (TPSA) is 23.8 Å². The number of nitriles is 1. The second kappa shape index (κ2) is 2.70. The lowest BCUT2D eigenvalue weighted by atomic mass is 9.73. The fourth-order valence-corrected chi connectivity index (χ4v) is 1.87. The largest absolute Gasteiger partial charge is 0.193 e. The number of allylic oxidation sites excluding steroid dienone is 2. The lowest BCUT2D eigenvalue weighted by Gasteiger charge is -2.30. The van der Waals surface area contributed by atoms with E-state index in [0.717, 1.165) is 18.4 Å². The third kappa shape index (κ3) is 1.45. The van der Waals surface area contributed by atoms with Gasteiger partial charge in [-0.15, -0.1) is 0 Å². The Morgan fingerprint density at radius 1 is 1.45 bits per heavy atom. The van der Waals surface area contributed by atoms with Crippen LogP contribution < -0.4 is 0 Å². The van der Waals surface area contributed by atoms with Crippen LogP contribution in [0, 0.1) is 16.7 Å². The Morgan fingerprint density at radius 2 is 2.09 bits per heavy atom. The second-order valence-electron chi connectivity index (χ2n) is 4.00. The molecular weight excluding hydrogens is 134 g/mol. The highest BCUT2D eigenvalue weighted by atomic mass is 14.4. The first-order chi connectivity index (χ1) is 5.08. The molecule has 1 heteroatoms. The molecule has 0 heterocycles. The third-order valence-electron chi connectivity index (χ3n) is 2.57. The standard InChI is InChI=1S/C10H15N/c1-8-5-4-6-10(2,3)9(8)7-11/h4-6H2,1-3H3. The summed E-state index contributed by atoms with van der Waals surface area (Å²) in [5.41, 5.74) is 2.45. The van der Waals surface area contributed by atoms with E-state index in [1.807, 2.05) is 0 Å². The van der Waals surface area contributed by atoms with Crippen LogP contribution in [0.3, 0.4) is 0 Å². The molecule has 1 aliphatic carbocycles. The Labute approximate surface area is 68.7 Å². The molecule has 0 atom stereocenters. The minimum Gasteiger partial charge on any atom is -0.193 e. The van der Waals surface area contributed by atoms with Crippen LogP contribution in [0.4, 0.5) is 0 Å². The van der Waals surface area contributed by atoms with Gasteiger partial charge in [-0.25, -0.2) is 0 Å². The predicted molar refractivity (Wildman–Crippen MR) is 45.9 cm³/mol. The maximum Gasteiger partial charge on any atom is 0.0952 e. The molecule has 0 aromatic heterocycles. The summed E-state index contributed by atoms with van der Waals surface area (Å²) in [6.07, 6.45) is 3.52. The summed E-state index contributed by atoms with van der Waals surface area (Å²) in [6.45, 7) is 6.40. The van der Waals surface area contributed by atoms with Gasteiger partial charge in [0.15, 0.2) is 0 Å². The van der Waals surface area contributed by atoms with Crippen LogP contribution in [-0.2, 0) is 0 Å². The first-order valence-electron chi connectivity index (χ1n) is 4.18. The highest BCUT2D eigenvalue weighted by molar-refractivity contribution is 5.34. The van der Waals surface area contributed by atoms with E-state index in [-0.39, 0.29) is 5.41 Å². The van der Waals surface area contributed by atoms with Crippen LogP contribution in [0.5, 0.6) is 0 Å². The fourth-order valence-electron chi connectivity index (χ4n) is 1.87. The highest BCUT2D eigenvalue weighted by Crippen LogP contribution is 2.39. The summed E-state index contributed by atoms with van der Waals surface area (Å²) in [5, 5.41) is 8.89. The highest BCUT2D eigenvalue weighted by Gasteiger charge is 2.27. The summed E-state index contributed by atoms with van der Waals surface area (Å²) in [5.74, 6) is 0. The van der Waals surface area contributed by atoms with E-state index >= 15 is 0 Å². The molecule has 1 nitrogen and oxygen atoms in total. The molecule has 0 N–H and O–H groups in total. The second-order valence-corrected chi connectivity index (χ2v) is 4.00. The Morgan fingerprint density at radius 3 is 2.45 bits per heavy atom. The Balaban J connectivity index is 3.04. The van der Waals surface area contributed by atoms with Crippen molar-refractivity contribution in [2.75, 3.05) is 0 Å². The van der Waals surface area contributed by atoms with Crippen LogP contribution in [0.25, 0.3) is 0 Å². The van der Waals surface area contributed by atoms with Crippen molar-refractivity contribution >= 4 is 0 Å². The monoisotopic (exact) mass is 149 g/mol. The van der Waals surface area contributed by atoms with Crippen molar-refractivity contribution in [1.29, 1.82) is 5.26 Å². The Kier molecular flexibility index (Phi) is 2.04. The van der Waals surface area contributed by atoms with Gasteiger partial charge in [-0.2, -0.15) is 5.26 Å². The average molecular weight is 149 g/mol. The molecule has 1 rings (SSSR count). The maximum atomic E-state index is 8.89. The zero-order valence-electron chi connectivity index (χ0n) is 7.57. The van der Waals surface area contributed by atoms with E-state index in [4.69, 9.17) is 5.26 Å². The van der Waals surface area contributed by atoms with Crippen molar-refractivity contribution in [2.24, 2.45) is 5.41 Å². The van der Waals surface area contributed by atoms with E-state index in [1.165, 1.54) is 12.0 Å². The van der Waals surface area contributed by atoms with Gasteiger partial charge in [-0.05, 0) is 31.6 Å². The summed E-state index contributed by atoms with van der Waals surface area (Å²) < 4.78 is 0. The number of hydrogen-bond donors (Lipinski definition) is 0. The van der Waals surface area contributed by atoms with Gasteiger partial charge >= 0.3 is 0 Å². The number of nitrogens with zero attached hydrogens (tertiary/aromatic N) is 1.